The molecule has 0 aromatic heterocycles. The zero-order valence-corrected chi connectivity index (χ0v) is 77.9. The molecule has 3 heterocycles. The average molecular weight is 1620 g/mol. The van der Waals surface area contributed by atoms with E-state index in [1.54, 1.807) is 36.4 Å². The smallest absolute Gasteiger partial charge is 0.736 e. The van der Waals surface area contributed by atoms with Crippen molar-refractivity contribution in [3.05, 3.63) is 173 Å². The molecule has 0 saturated heterocycles. The van der Waals surface area contributed by atoms with Crippen LogP contribution in [-0.2, 0) is 95.5 Å². The number of aliphatic hydroxyl groups is 6. The molecule has 0 saturated carbocycles. The van der Waals surface area contributed by atoms with E-state index in [0.717, 1.165) is 33.4 Å². The van der Waals surface area contributed by atoms with Crippen LogP contribution in [0.5, 0.6) is 34.5 Å². The van der Waals surface area contributed by atoms with Gasteiger partial charge in [0.2, 0.25) is 0 Å². The first-order valence-corrected chi connectivity index (χ1v) is 42.9. The summed E-state index contributed by atoms with van der Waals surface area (Å²) in [5.41, 5.74) is -0.914. The standard InChI is InChI=1S/3C30H45O6P.Al/c3*1-26(2,3)18-13-20(28(7,8)9)24-22(15-18)30(32,17-31)23-16-19(27(4,5)6)14-21(29(10,11)12)25(23)36-37(33,34)35-24;/h3*13-16,31-32H,17H2,1-12H3,(H,33,34);/q;;;+3/p-3. The fourth-order valence-electron chi connectivity index (χ4n) is 13.8. The number of rotatable bonds is 3. The molecule has 0 unspecified atom stereocenters. The monoisotopic (exact) mass is 1620 g/mol. The fraction of sp³-hybridized carbons (Fsp3) is 0.600. The number of fused-ring (bicyclic) bond motifs is 6. The maximum absolute atomic E-state index is 13.4. The van der Waals surface area contributed by atoms with E-state index in [0.29, 0.717) is 33.4 Å². The number of phosphoric acid groups is 3. The molecule has 22 heteroatoms. The van der Waals surface area contributed by atoms with Crippen LogP contribution in [0.2, 0.25) is 0 Å². The van der Waals surface area contributed by atoms with E-state index in [9.17, 15) is 59.0 Å². The minimum absolute atomic E-state index is 0. The van der Waals surface area contributed by atoms with Gasteiger partial charge in [0.05, 0.1) is 19.8 Å². The van der Waals surface area contributed by atoms with E-state index >= 15 is 0 Å². The Morgan fingerprint density at radius 2 is 0.348 bits per heavy atom. The molecule has 3 aliphatic rings. The molecular formula is C90H132AlO18P3. The Morgan fingerprint density at radius 1 is 0.241 bits per heavy atom. The van der Waals surface area contributed by atoms with Gasteiger partial charge >= 0.3 is 40.8 Å². The van der Waals surface area contributed by atoms with Crippen molar-refractivity contribution >= 4 is 40.8 Å². The van der Waals surface area contributed by atoms with Crippen LogP contribution in [0.15, 0.2) is 72.8 Å². The fourth-order valence-corrected chi connectivity index (χ4v) is 16.5. The van der Waals surface area contributed by atoms with E-state index in [2.05, 4.69) is 0 Å². The summed E-state index contributed by atoms with van der Waals surface area (Å²) in [6, 6.07) is 22.1. The summed E-state index contributed by atoms with van der Waals surface area (Å²) in [5, 5.41) is 69.8. The Balaban J connectivity index is 0.000000261. The average Bonchev–Trinajstić information content (AvgIpc) is 0.727. The Kier molecular flexibility index (Phi) is 26.0. The van der Waals surface area contributed by atoms with Crippen LogP contribution in [-0.4, -0.2) is 67.8 Å². The van der Waals surface area contributed by atoms with E-state index in [1.807, 2.05) is 286 Å². The molecule has 0 atom stereocenters. The number of aliphatic hydroxyl groups excluding tert-OH is 3. The topological polar surface area (TPSA) is 297 Å². The quantitative estimate of drug-likeness (QED) is 0.0709. The largest absolute Gasteiger partial charge is 3.00 e. The van der Waals surface area contributed by atoms with Gasteiger partial charge in [0.1, 0.15) is 51.3 Å². The molecule has 9 rings (SSSR count). The predicted molar refractivity (Wildman–Crippen MR) is 446 cm³/mol. The maximum Gasteiger partial charge on any atom is 3.00 e. The summed E-state index contributed by atoms with van der Waals surface area (Å²) >= 11 is 0. The van der Waals surface area contributed by atoms with Crippen molar-refractivity contribution in [2.45, 2.75) is 331 Å². The minimum atomic E-state index is -4.94. The Bertz CT molecular complexity index is 3960. The molecule has 0 spiro atoms. The van der Waals surface area contributed by atoms with Crippen molar-refractivity contribution in [3.63, 3.8) is 0 Å². The molecule has 18 nitrogen and oxygen atoms in total. The summed E-state index contributed by atoms with van der Waals surface area (Å²) < 4.78 is 74.3. The Labute approximate surface area is 681 Å². The normalized spacial score (nSPS) is 22.6. The van der Waals surface area contributed by atoms with Crippen LogP contribution >= 0.6 is 23.5 Å². The SMILES string of the molecule is CC(C)(C)c1cc(C(C)(C)C)c2c(c1)C(O)(CO)c1cc(C(C)(C)C)cc(C(C)(C)C)c1OP(=O)([O-])O2.CC(C)(C)c1cc(C(C)(C)C)c2c(c1)C(O)(CO)c1cc(C(C)(C)C)cc(C(C)(C)C)c1OP(=O)([O-])O2.CC(C)(C)c1cc(C(C)(C)C)c2c(c1)C(O)(CO)c1cc(C(C)(C)C)cc(C(C)(C)C)c1OP(=O)([O-])O2.[Al+3]. The number of hydrogen-bond donors (Lipinski definition) is 6. The summed E-state index contributed by atoms with van der Waals surface area (Å²) in [5.74, 6) is -0.00276. The molecule has 0 aliphatic carbocycles. The molecule has 0 amide bonds. The first-order valence-electron chi connectivity index (χ1n) is 38.5. The van der Waals surface area contributed by atoms with Gasteiger partial charge in [-0.25, -0.2) is 13.7 Å². The molecule has 6 aromatic carbocycles. The zero-order valence-electron chi connectivity index (χ0n) is 74.1. The molecule has 0 radical (unpaired) electrons. The van der Waals surface area contributed by atoms with Crippen LogP contribution in [0, 0.1) is 0 Å². The van der Waals surface area contributed by atoms with Crippen LogP contribution in [0.3, 0.4) is 0 Å². The first-order chi connectivity index (χ1) is 49.2. The van der Waals surface area contributed by atoms with Crippen LogP contribution in [0.4, 0.5) is 0 Å². The summed E-state index contributed by atoms with van der Waals surface area (Å²) in [4.78, 5) is 40.2. The van der Waals surface area contributed by atoms with Gasteiger partial charge in [-0.3, -0.25) is 0 Å². The van der Waals surface area contributed by atoms with E-state index in [-0.39, 0.29) is 118 Å². The van der Waals surface area contributed by atoms with Crippen molar-refractivity contribution in [1.29, 1.82) is 0 Å². The van der Waals surface area contributed by atoms with Crippen molar-refractivity contribution in [1.82, 2.24) is 0 Å². The van der Waals surface area contributed by atoms with Crippen LogP contribution in [0.25, 0.3) is 0 Å². The van der Waals surface area contributed by atoms with Gasteiger partial charge in [-0.1, -0.05) is 286 Å². The molecule has 6 aromatic rings. The summed E-state index contributed by atoms with van der Waals surface area (Å²) in [6.07, 6.45) is 0. The van der Waals surface area contributed by atoms with Gasteiger partial charge in [0.15, 0.2) is 0 Å². The van der Waals surface area contributed by atoms with Gasteiger partial charge in [-0.15, -0.1) is 0 Å². The molecule has 6 N–H and O–H groups in total. The third-order valence-corrected chi connectivity index (χ3v) is 23.6. The summed E-state index contributed by atoms with van der Waals surface area (Å²) in [6.45, 7) is 70.0. The third kappa shape index (κ3) is 20.0. The van der Waals surface area contributed by atoms with Crippen molar-refractivity contribution in [3.8, 4) is 34.5 Å². The number of benzene rings is 6. The third-order valence-electron chi connectivity index (χ3n) is 21.2. The van der Waals surface area contributed by atoms with Gasteiger partial charge in [0, 0.05) is 66.8 Å². The Morgan fingerprint density at radius 3 is 0.429 bits per heavy atom. The minimum Gasteiger partial charge on any atom is -0.736 e. The maximum atomic E-state index is 13.4. The van der Waals surface area contributed by atoms with Gasteiger partial charge in [-0.05, 0) is 135 Å². The van der Waals surface area contributed by atoms with Gasteiger partial charge < -0.3 is 72.5 Å². The van der Waals surface area contributed by atoms with Gasteiger partial charge in [0.25, 0.3) is 0 Å². The van der Waals surface area contributed by atoms with Crippen LogP contribution in [0.1, 0.15) is 349 Å². The molecule has 112 heavy (non-hydrogen) atoms. The second kappa shape index (κ2) is 30.4. The van der Waals surface area contributed by atoms with E-state index in [4.69, 9.17) is 27.1 Å². The van der Waals surface area contributed by atoms with E-state index < -0.39 is 92.6 Å². The second-order valence-electron chi connectivity index (χ2n) is 43.3. The van der Waals surface area contributed by atoms with Crippen molar-refractivity contribution < 1.29 is 86.2 Å². The number of hydrogen-bond acceptors (Lipinski definition) is 18. The first kappa shape index (κ1) is 95.8. The number of phosphoric ester groups is 3. The van der Waals surface area contributed by atoms with Crippen molar-refractivity contribution in [2.75, 3.05) is 19.8 Å². The second-order valence-corrected chi connectivity index (χ2v) is 47.1. The molecule has 618 valence electrons. The van der Waals surface area contributed by atoms with E-state index in [1.165, 1.54) is 0 Å². The van der Waals surface area contributed by atoms with Crippen molar-refractivity contribution in [2.24, 2.45) is 0 Å². The molecule has 3 aliphatic heterocycles. The zero-order chi connectivity index (χ0) is 85.7. The summed E-state index contributed by atoms with van der Waals surface area (Å²) in [7, 11) is -14.8. The predicted octanol–water partition coefficient (Wildman–Crippen LogP) is 18.7. The molecule has 0 fully saturated rings. The molecular weight excluding hydrogens is 1490 g/mol. The molecule has 0 bridgehead atoms. The Hall–Kier alpha value is -5.02. The van der Waals surface area contributed by atoms with Crippen LogP contribution < -0.4 is 41.8 Å². The van der Waals surface area contributed by atoms with Gasteiger partial charge in [-0.2, -0.15) is 0 Å².